The molecule has 0 fully saturated rings. The summed E-state index contributed by atoms with van der Waals surface area (Å²) in [4.78, 5) is 4.75. The molecular formula is C21H19FN4. The van der Waals surface area contributed by atoms with Crippen LogP contribution in [-0.4, -0.2) is 14.1 Å². The van der Waals surface area contributed by atoms with Crippen molar-refractivity contribution in [2.24, 2.45) is 0 Å². The number of rotatable bonds is 2. The molecule has 5 heteroatoms. The maximum Gasteiger partial charge on any atom is 0.150 e. The average Bonchev–Trinajstić information content (AvgIpc) is 2.88. The van der Waals surface area contributed by atoms with Crippen LogP contribution in [0.4, 0.5) is 4.39 Å². The Morgan fingerprint density at radius 1 is 0.885 bits per heavy atom. The van der Waals surface area contributed by atoms with E-state index in [2.05, 4.69) is 4.57 Å². The smallest absolute Gasteiger partial charge is 0.150 e. The first-order valence-corrected chi connectivity index (χ1v) is 8.47. The number of halogens is 1. The average molecular weight is 346 g/mol. The topological polar surface area (TPSA) is 46.6 Å². The largest absolute Gasteiger partial charge is 0.298 e. The number of hydrogen-bond acceptors (Lipinski definition) is 2. The van der Waals surface area contributed by atoms with Crippen molar-refractivity contribution < 1.29 is 4.39 Å². The molecule has 1 N–H and O–H groups in total. The quantitative estimate of drug-likeness (QED) is 0.576. The Balaban J connectivity index is 2.12. The molecule has 2 heterocycles. The highest BCUT2D eigenvalue weighted by molar-refractivity contribution is 5.83. The zero-order valence-electron chi connectivity index (χ0n) is 14.9. The molecule has 0 atom stereocenters. The number of para-hydroxylation sites is 2. The van der Waals surface area contributed by atoms with Gasteiger partial charge in [0.2, 0.25) is 0 Å². The Kier molecular flexibility index (Phi) is 3.72. The summed E-state index contributed by atoms with van der Waals surface area (Å²) in [5, 5.41) is 9.51. The molecule has 2 aromatic carbocycles. The summed E-state index contributed by atoms with van der Waals surface area (Å²) in [5.74, 6) is 0.203. The van der Waals surface area contributed by atoms with Gasteiger partial charge in [0.15, 0.2) is 5.65 Å². The van der Waals surface area contributed by atoms with Crippen molar-refractivity contribution in [1.29, 1.82) is 5.41 Å². The standard InChI is InChI=1S/C21H19FN4/c1-13-14(2)25(16-9-5-4-6-10-16)21-19(13)20(23)26(15(3)24-21)18-12-8-7-11-17(18)22/h4-12,23H,1-3H3. The first-order chi connectivity index (χ1) is 12.5. The van der Waals surface area contributed by atoms with E-state index in [0.717, 1.165) is 28.0 Å². The Labute approximate surface area is 150 Å². The van der Waals surface area contributed by atoms with Gasteiger partial charge in [-0.25, -0.2) is 9.37 Å². The minimum Gasteiger partial charge on any atom is -0.298 e. The van der Waals surface area contributed by atoms with Crippen molar-refractivity contribution >= 4 is 11.0 Å². The summed E-state index contributed by atoms with van der Waals surface area (Å²) in [7, 11) is 0. The van der Waals surface area contributed by atoms with Gasteiger partial charge in [0.1, 0.15) is 17.1 Å². The molecular weight excluding hydrogens is 327 g/mol. The fraction of sp³-hybridized carbons (Fsp3) is 0.143. The van der Waals surface area contributed by atoms with Crippen molar-refractivity contribution in [3.05, 3.63) is 83.0 Å². The fourth-order valence-corrected chi connectivity index (χ4v) is 3.47. The second-order valence-corrected chi connectivity index (χ2v) is 6.37. The zero-order chi connectivity index (χ0) is 18.4. The third-order valence-corrected chi connectivity index (χ3v) is 4.85. The van der Waals surface area contributed by atoms with E-state index < -0.39 is 0 Å². The number of benzene rings is 2. The molecule has 130 valence electrons. The summed E-state index contributed by atoms with van der Waals surface area (Å²) in [5.41, 5.74) is 4.31. The maximum absolute atomic E-state index is 14.3. The highest BCUT2D eigenvalue weighted by Crippen LogP contribution is 2.26. The minimum absolute atomic E-state index is 0.243. The Bertz CT molecular complexity index is 1190. The SMILES string of the molecule is Cc1c(C)n(-c2ccccc2)c2nc(C)n(-c3ccccc3F)c(=N)c12. The van der Waals surface area contributed by atoms with E-state index in [4.69, 9.17) is 10.4 Å². The third kappa shape index (κ3) is 2.28. The molecule has 0 aliphatic carbocycles. The van der Waals surface area contributed by atoms with Gasteiger partial charge in [0.05, 0.1) is 11.1 Å². The molecule has 0 unspecified atom stereocenters. The summed E-state index contributed by atoms with van der Waals surface area (Å²) in [6, 6.07) is 16.4. The molecule has 0 saturated heterocycles. The lowest BCUT2D eigenvalue weighted by Gasteiger charge is -2.13. The van der Waals surface area contributed by atoms with Gasteiger partial charge in [-0.1, -0.05) is 30.3 Å². The van der Waals surface area contributed by atoms with E-state index in [1.807, 2.05) is 44.2 Å². The van der Waals surface area contributed by atoms with E-state index in [9.17, 15) is 4.39 Å². The van der Waals surface area contributed by atoms with Gasteiger partial charge >= 0.3 is 0 Å². The number of nitrogens with one attached hydrogen (secondary N) is 1. The number of aryl methyl sites for hydroxylation is 2. The fourth-order valence-electron chi connectivity index (χ4n) is 3.47. The van der Waals surface area contributed by atoms with E-state index >= 15 is 0 Å². The molecule has 4 aromatic rings. The second kappa shape index (κ2) is 5.95. The highest BCUT2D eigenvalue weighted by Gasteiger charge is 2.19. The molecule has 4 nitrogen and oxygen atoms in total. The second-order valence-electron chi connectivity index (χ2n) is 6.37. The lowest BCUT2D eigenvalue weighted by Crippen LogP contribution is -2.23. The molecule has 0 amide bonds. The Morgan fingerprint density at radius 2 is 1.54 bits per heavy atom. The van der Waals surface area contributed by atoms with E-state index in [1.54, 1.807) is 29.7 Å². The number of fused-ring (bicyclic) bond motifs is 1. The van der Waals surface area contributed by atoms with Crippen LogP contribution >= 0.6 is 0 Å². The molecule has 4 rings (SSSR count). The third-order valence-electron chi connectivity index (χ3n) is 4.85. The van der Waals surface area contributed by atoms with E-state index in [0.29, 0.717) is 11.5 Å². The first kappa shape index (κ1) is 16.3. The first-order valence-electron chi connectivity index (χ1n) is 8.47. The molecule has 0 spiro atoms. The summed E-state index contributed by atoms with van der Waals surface area (Å²) < 4.78 is 18.0. The molecule has 26 heavy (non-hydrogen) atoms. The lowest BCUT2D eigenvalue weighted by molar-refractivity contribution is 0.611. The van der Waals surface area contributed by atoms with Crippen LogP contribution in [0.15, 0.2) is 54.6 Å². The van der Waals surface area contributed by atoms with Crippen LogP contribution < -0.4 is 5.49 Å². The van der Waals surface area contributed by atoms with Crippen molar-refractivity contribution in [3.8, 4) is 11.4 Å². The maximum atomic E-state index is 14.3. The van der Waals surface area contributed by atoms with Gasteiger partial charge in [-0.15, -0.1) is 0 Å². The minimum atomic E-state index is -0.368. The van der Waals surface area contributed by atoms with E-state index in [1.165, 1.54) is 6.07 Å². The van der Waals surface area contributed by atoms with Crippen molar-refractivity contribution in [2.75, 3.05) is 0 Å². The van der Waals surface area contributed by atoms with Crippen LogP contribution in [0.1, 0.15) is 17.1 Å². The van der Waals surface area contributed by atoms with Crippen LogP contribution in [0.2, 0.25) is 0 Å². The Hall–Kier alpha value is -3.21. The number of aromatic nitrogens is 3. The molecule has 0 saturated carbocycles. The van der Waals surface area contributed by atoms with Gasteiger partial charge in [0, 0.05) is 11.4 Å². The summed E-state index contributed by atoms with van der Waals surface area (Å²) >= 11 is 0. The van der Waals surface area contributed by atoms with E-state index in [-0.39, 0.29) is 11.3 Å². The molecule has 2 aromatic heterocycles. The van der Waals surface area contributed by atoms with Gasteiger partial charge in [0.25, 0.3) is 0 Å². The van der Waals surface area contributed by atoms with Crippen LogP contribution in [0, 0.1) is 32.0 Å². The van der Waals surface area contributed by atoms with Crippen molar-refractivity contribution in [3.63, 3.8) is 0 Å². The Morgan fingerprint density at radius 3 is 2.23 bits per heavy atom. The monoisotopic (exact) mass is 346 g/mol. The van der Waals surface area contributed by atoms with Gasteiger partial charge in [-0.05, 0) is 50.6 Å². The molecule has 0 bridgehead atoms. The normalized spacial score (nSPS) is 11.2. The number of hydrogen-bond donors (Lipinski definition) is 1. The van der Waals surface area contributed by atoms with Gasteiger partial charge in [-0.2, -0.15) is 0 Å². The zero-order valence-corrected chi connectivity index (χ0v) is 14.9. The van der Waals surface area contributed by atoms with Crippen molar-refractivity contribution in [1.82, 2.24) is 14.1 Å². The molecule has 0 aliphatic rings. The van der Waals surface area contributed by atoms with Crippen LogP contribution in [-0.2, 0) is 0 Å². The predicted octanol–water partition coefficient (Wildman–Crippen LogP) is 4.36. The summed E-state index contributed by atoms with van der Waals surface area (Å²) in [6.45, 7) is 5.81. The van der Waals surface area contributed by atoms with Crippen LogP contribution in [0.5, 0.6) is 0 Å². The van der Waals surface area contributed by atoms with Gasteiger partial charge in [-0.3, -0.25) is 14.5 Å². The predicted molar refractivity (Wildman–Crippen MR) is 100 cm³/mol. The van der Waals surface area contributed by atoms with Crippen LogP contribution in [0.25, 0.3) is 22.4 Å². The highest BCUT2D eigenvalue weighted by atomic mass is 19.1. The summed E-state index contributed by atoms with van der Waals surface area (Å²) in [6.07, 6.45) is 0. The molecule has 0 aliphatic heterocycles. The lowest BCUT2D eigenvalue weighted by atomic mass is 10.2. The van der Waals surface area contributed by atoms with Crippen LogP contribution in [0.3, 0.4) is 0 Å². The molecule has 0 radical (unpaired) electrons. The van der Waals surface area contributed by atoms with Gasteiger partial charge < -0.3 is 0 Å². The number of nitrogens with zero attached hydrogens (tertiary/aromatic N) is 3. The van der Waals surface area contributed by atoms with Crippen molar-refractivity contribution in [2.45, 2.75) is 20.8 Å².